The first-order chi connectivity index (χ1) is 11.2. The van der Waals surface area contributed by atoms with Gasteiger partial charge in [-0.05, 0) is 23.1 Å². The van der Waals surface area contributed by atoms with E-state index in [1.807, 2.05) is 18.2 Å². The van der Waals surface area contributed by atoms with E-state index in [0.717, 1.165) is 16.8 Å². The predicted octanol–water partition coefficient (Wildman–Crippen LogP) is 2.16. The Kier molecular flexibility index (Phi) is 3.74. The van der Waals surface area contributed by atoms with Crippen LogP contribution in [0.4, 0.5) is 4.79 Å². The van der Waals surface area contributed by atoms with Crippen molar-refractivity contribution in [1.29, 1.82) is 0 Å². The molecule has 1 amide bonds. The van der Waals surface area contributed by atoms with Gasteiger partial charge in [-0.1, -0.05) is 26.8 Å². The normalized spacial score (nSPS) is 15.2. The van der Waals surface area contributed by atoms with Crippen LogP contribution in [0.2, 0.25) is 0 Å². The van der Waals surface area contributed by atoms with E-state index in [0.29, 0.717) is 25.3 Å². The van der Waals surface area contributed by atoms with Gasteiger partial charge in [-0.15, -0.1) is 0 Å². The molecule has 0 aromatic carbocycles. The summed E-state index contributed by atoms with van der Waals surface area (Å²) in [4.78, 5) is 29.5. The zero-order valence-electron chi connectivity index (χ0n) is 14.4. The first-order valence-corrected chi connectivity index (χ1v) is 7.91. The Morgan fingerprint density at radius 2 is 2.04 bits per heavy atom. The highest BCUT2D eigenvalue weighted by Crippen LogP contribution is 2.23. The van der Waals surface area contributed by atoms with E-state index in [2.05, 4.69) is 25.8 Å². The number of imidazole rings is 1. The van der Waals surface area contributed by atoms with E-state index in [-0.39, 0.29) is 11.1 Å². The average Bonchev–Trinajstić information content (AvgIpc) is 3.07. The van der Waals surface area contributed by atoms with Crippen LogP contribution in [0.1, 0.15) is 26.5 Å². The van der Waals surface area contributed by atoms with Crippen molar-refractivity contribution in [2.24, 2.45) is 12.5 Å². The number of aromatic nitrogens is 3. The minimum absolute atomic E-state index is 0.0211. The molecule has 7 nitrogen and oxygen atoms in total. The first kappa shape index (κ1) is 16.3. The number of hydrogen-bond donors (Lipinski definition) is 1. The average molecular weight is 330 g/mol. The zero-order chi connectivity index (χ0) is 17.6. The Morgan fingerprint density at radius 1 is 1.33 bits per heavy atom. The van der Waals surface area contributed by atoms with Crippen LogP contribution in [-0.2, 0) is 13.6 Å². The molecule has 0 aliphatic carbocycles. The number of carbonyl (C=O) groups is 1. The van der Waals surface area contributed by atoms with Crippen LogP contribution in [-0.4, -0.2) is 43.3 Å². The van der Waals surface area contributed by atoms with E-state index in [4.69, 9.17) is 5.11 Å². The molecule has 0 radical (unpaired) electrons. The van der Waals surface area contributed by atoms with Gasteiger partial charge in [0.2, 0.25) is 0 Å². The Hall–Kier alpha value is -2.57. The Labute approximate surface area is 139 Å². The maximum atomic E-state index is 12.5. The molecular formula is C17H22N4O3. The van der Waals surface area contributed by atoms with Crippen molar-refractivity contribution in [2.45, 2.75) is 27.3 Å². The number of fused-ring (bicyclic) bond motifs is 1. The number of carboxylic acid groups (broad SMARTS) is 1. The Morgan fingerprint density at radius 3 is 2.62 bits per heavy atom. The molecule has 3 heterocycles. The van der Waals surface area contributed by atoms with E-state index in [1.54, 1.807) is 16.2 Å². The number of hydrogen-bond acceptors (Lipinski definition) is 3. The second-order valence-electron chi connectivity index (χ2n) is 7.42. The molecule has 0 saturated heterocycles. The van der Waals surface area contributed by atoms with Crippen molar-refractivity contribution in [1.82, 2.24) is 19.0 Å². The highest BCUT2D eigenvalue weighted by atomic mass is 16.4. The summed E-state index contributed by atoms with van der Waals surface area (Å²) in [6.07, 6.45) is 0.929. The van der Waals surface area contributed by atoms with Gasteiger partial charge in [0, 0.05) is 20.1 Å². The van der Waals surface area contributed by atoms with Crippen LogP contribution in [0.5, 0.6) is 0 Å². The van der Waals surface area contributed by atoms with Crippen LogP contribution >= 0.6 is 0 Å². The van der Waals surface area contributed by atoms with Gasteiger partial charge < -0.3 is 10.0 Å². The molecular weight excluding hydrogens is 308 g/mol. The van der Waals surface area contributed by atoms with E-state index in [1.165, 1.54) is 4.90 Å². The summed E-state index contributed by atoms with van der Waals surface area (Å²) in [5.41, 5.74) is 2.90. The third-order valence-corrected chi connectivity index (χ3v) is 4.13. The monoisotopic (exact) mass is 330 g/mol. The number of nitrogens with zero attached hydrogens (tertiary/aromatic N) is 4. The van der Waals surface area contributed by atoms with Gasteiger partial charge in [0.05, 0.1) is 17.8 Å². The number of pyridine rings is 1. The molecule has 1 aliphatic rings. The summed E-state index contributed by atoms with van der Waals surface area (Å²) < 4.78 is 3.30. The van der Waals surface area contributed by atoms with Crippen molar-refractivity contribution in [3.8, 4) is 0 Å². The standard InChI is InChI=1S/C17H22N4O3/c1-17(2,3)10-21-13-6-5-12(18-14(13)19(4)15(21)22)11-7-8-20(9-11)16(23)24/h5-7H,8-10H2,1-4H3,(H,23,24). The minimum Gasteiger partial charge on any atom is -0.465 e. The van der Waals surface area contributed by atoms with Gasteiger partial charge in [-0.25, -0.2) is 14.6 Å². The molecule has 2 aromatic rings. The Balaban J connectivity index is 2.03. The van der Waals surface area contributed by atoms with Gasteiger partial charge in [-0.3, -0.25) is 9.13 Å². The summed E-state index contributed by atoms with van der Waals surface area (Å²) in [6, 6.07) is 3.76. The topological polar surface area (TPSA) is 80.4 Å². The summed E-state index contributed by atoms with van der Waals surface area (Å²) in [6.45, 7) is 7.57. The van der Waals surface area contributed by atoms with Crippen LogP contribution in [0.3, 0.4) is 0 Å². The second-order valence-corrected chi connectivity index (χ2v) is 7.42. The van der Waals surface area contributed by atoms with Crippen molar-refractivity contribution in [2.75, 3.05) is 13.1 Å². The maximum absolute atomic E-state index is 12.5. The summed E-state index contributed by atoms with van der Waals surface area (Å²) in [5.74, 6) is 0. The second kappa shape index (κ2) is 5.51. The van der Waals surface area contributed by atoms with E-state index in [9.17, 15) is 9.59 Å². The zero-order valence-corrected chi connectivity index (χ0v) is 14.4. The van der Waals surface area contributed by atoms with Gasteiger partial charge in [0.25, 0.3) is 0 Å². The molecule has 24 heavy (non-hydrogen) atoms. The molecule has 0 spiro atoms. The molecule has 2 aromatic heterocycles. The van der Waals surface area contributed by atoms with Gasteiger partial charge in [0.1, 0.15) is 0 Å². The molecule has 0 unspecified atom stereocenters. The van der Waals surface area contributed by atoms with Gasteiger partial charge >= 0.3 is 11.8 Å². The lowest BCUT2D eigenvalue weighted by molar-refractivity contribution is 0.158. The molecule has 128 valence electrons. The lowest BCUT2D eigenvalue weighted by Crippen LogP contribution is -2.27. The number of rotatable bonds is 2. The number of amides is 1. The molecule has 1 aliphatic heterocycles. The van der Waals surface area contributed by atoms with Crippen LogP contribution < -0.4 is 5.69 Å². The summed E-state index contributed by atoms with van der Waals surface area (Å²) in [7, 11) is 1.72. The molecule has 0 bridgehead atoms. The van der Waals surface area contributed by atoms with Gasteiger partial charge in [0.15, 0.2) is 5.65 Å². The van der Waals surface area contributed by atoms with E-state index >= 15 is 0 Å². The summed E-state index contributed by atoms with van der Waals surface area (Å²) in [5, 5.41) is 9.07. The fourth-order valence-electron chi connectivity index (χ4n) is 2.97. The highest BCUT2D eigenvalue weighted by Gasteiger charge is 2.22. The van der Waals surface area contributed by atoms with Crippen LogP contribution in [0.25, 0.3) is 16.7 Å². The molecule has 1 N–H and O–H groups in total. The molecule has 3 rings (SSSR count). The molecule has 0 atom stereocenters. The van der Waals surface area contributed by atoms with Crippen molar-refractivity contribution in [3.05, 3.63) is 34.4 Å². The number of aryl methyl sites for hydroxylation is 1. The summed E-state index contributed by atoms with van der Waals surface area (Å²) >= 11 is 0. The molecule has 7 heteroatoms. The van der Waals surface area contributed by atoms with Crippen LogP contribution in [0.15, 0.2) is 23.0 Å². The van der Waals surface area contributed by atoms with Crippen molar-refractivity contribution >= 4 is 22.8 Å². The predicted molar refractivity (Wildman–Crippen MR) is 92.0 cm³/mol. The highest BCUT2D eigenvalue weighted by molar-refractivity contribution is 5.79. The third kappa shape index (κ3) is 2.81. The maximum Gasteiger partial charge on any atom is 0.407 e. The first-order valence-electron chi connectivity index (χ1n) is 7.91. The fourth-order valence-corrected chi connectivity index (χ4v) is 2.97. The van der Waals surface area contributed by atoms with Crippen molar-refractivity contribution < 1.29 is 9.90 Å². The SMILES string of the molecule is Cn1c(=O)n(CC(C)(C)C)c2ccc(C3=CCN(C(=O)O)C3)nc21. The third-order valence-electron chi connectivity index (χ3n) is 4.13. The quantitative estimate of drug-likeness (QED) is 0.915. The fraction of sp³-hybridized carbons (Fsp3) is 0.471. The van der Waals surface area contributed by atoms with Gasteiger partial charge in [-0.2, -0.15) is 0 Å². The van der Waals surface area contributed by atoms with E-state index < -0.39 is 6.09 Å². The van der Waals surface area contributed by atoms with Crippen molar-refractivity contribution in [3.63, 3.8) is 0 Å². The van der Waals surface area contributed by atoms with Crippen LogP contribution in [0, 0.1) is 5.41 Å². The molecule has 0 fully saturated rings. The largest absolute Gasteiger partial charge is 0.465 e. The Bertz CT molecular complexity index is 899. The molecule has 0 saturated carbocycles. The lowest BCUT2D eigenvalue weighted by atomic mass is 9.97. The minimum atomic E-state index is -0.939. The smallest absolute Gasteiger partial charge is 0.407 e. The lowest BCUT2D eigenvalue weighted by Gasteiger charge is -2.18.